The van der Waals surface area contributed by atoms with Crippen LogP contribution in [0.2, 0.25) is 0 Å². The topological polar surface area (TPSA) is 110 Å². The van der Waals surface area contributed by atoms with Gasteiger partial charge in [-0.1, -0.05) is 0 Å². The fourth-order valence-corrected chi connectivity index (χ4v) is 5.01. The molecule has 2 saturated heterocycles. The Morgan fingerprint density at radius 2 is 1.68 bits per heavy atom. The van der Waals surface area contributed by atoms with Gasteiger partial charge in [-0.05, 0) is 30.2 Å². The fourth-order valence-electron chi connectivity index (χ4n) is 5.01. The Bertz CT molecular complexity index is 997. The zero-order valence-electron chi connectivity index (χ0n) is 18.0. The first kappa shape index (κ1) is 20.8. The van der Waals surface area contributed by atoms with Crippen molar-refractivity contribution in [3.05, 3.63) is 23.8 Å². The average Bonchev–Trinajstić information content (AvgIpc) is 2.73. The van der Waals surface area contributed by atoms with Crippen molar-refractivity contribution in [2.24, 2.45) is 5.41 Å². The zero-order valence-corrected chi connectivity index (χ0v) is 18.0. The number of benzene rings is 1. The third-order valence-electron chi connectivity index (χ3n) is 6.52. The standard InChI is InChI=1S/C21H25N5O5/c1-12(27)22-15-5-6-16-14(9-15)10-21(17-11-25(13(2)28)7-8-26(16)17)18(29)23(3)20(31)24(4)19(21)30/h5-6,9,17H,7-8,10-11H2,1-4H3,(H,22,27)/t17-/m0/s1. The van der Waals surface area contributed by atoms with Crippen LogP contribution < -0.4 is 10.2 Å². The predicted molar refractivity (Wildman–Crippen MR) is 111 cm³/mol. The fraction of sp³-hybridized carbons (Fsp3) is 0.476. The molecule has 10 nitrogen and oxygen atoms in total. The lowest BCUT2D eigenvalue weighted by Gasteiger charge is -2.56. The summed E-state index contributed by atoms with van der Waals surface area (Å²) in [4.78, 5) is 68.7. The highest BCUT2D eigenvalue weighted by Gasteiger charge is 2.64. The van der Waals surface area contributed by atoms with Crippen molar-refractivity contribution in [3.8, 4) is 0 Å². The minimum absolute atomic E-state index is 0.0717. The van der Waals surface area contributed by atoms with Gasteiger partial charge in [0.1, 0.15) is 0 Å². The molecule has 164 valence electrons. The molecule has 0 radical (unpaired) electrons. The van der Waals surface area contributed by atoms with Gasteiger partial charge >= 0.3 is 6.03 Å². The number of hydrogen-bond acceptors (Lipinski definition) is 6. The first-order valence-corrected chi connectivity index (χ1v) is 10.1. The molecule has 0 unspecified atom stereocenters. The van der Waals surface area contributed by atoms with E-state index < -0.39 is 29.3 Å². The van der Waals surface area contributed by atoms with Crippen LogP contribution in [0.4, 0.5) is 16.2 Å². The van der Waals surface area contributed by atoms with Crippen molar-refractivity contribution < 1.29 is 24.0 Å². The van der Waals surface area contributed by atoms with E-state index >= 15 is 0 Å². The Kier molecular flexibility index (Phi) is 4.75. The number of carbonyl (C=O) groups excluding carboxylic acids is 5. The largest absolute Gasteiger partial charge is 0.363 e. The number of amides is 6. The number of hydrogen-bond donors (Lipinski definition) is 1. The SMILES string of the molecule is CC(=O)Nc1ccc2c(c1)CC1(C(=O)N(C)C(=O)N(C)C1=O)[C@@H]1CN(C(C)=O)CCN21. The lowest BCUT2D eigenvalue weighted by molar-refractivity contribution is -0.161. The number of nitrogens with zero attached hydrogens (tertiary/aromatic N) is 4. The number of urea groups is 1. The Hall–Kier alpha value is -3.43. The summed E-state index contributed by atoms with van der Waals surface area (Å²) in [5.74, 6) is -1.50. The van der Waals surface area contributed by atoms with Crippen molar-refractivity contribution in [2.75, 3.05) is 43.9 Å². The quantitative estimate of drug-likeness (QED) is 0.645. The van der Waals surface area contributed by atoms with Crippen LogP contribution >= 0.6 is 0 Å². The highest BCUT2D eigenvalue weighted by Crippen LogP contribution is 2.47. The molecule has 10 heteroatoms. The molecule has 1 aromatic rings. The number of imide groups is 2. The van der Waals surface area contributed by atoms with Crippen LogP contribution in [0.25, 0.3) is 0 Å². The molecule has 4 rings (SSSR count). The predicted octanol–water partition coefficient (Wildman–Crippen LogP) is 0.275. The molecule has 31 heavy (non-hydrogen) atoms. The highest BCUT2D eigenvalue weighted by molar-refractivity contribution is 6.20. The van der Waals surface area contributed by atoms with E-state index in [-0.39, 0.29) is 24.8 Å². The summed E-state index contributed by atoms with van der Waals surface area (Å²) in [6.45, 7) is 3.98. The maximum absolute atomic E-state index is 13.5. The summed E-state index contributed by atoms with van der Waals surface area (Å²) in [6.07, 6.45) is 0.0717. The minimum atomic E-state index is -1.55. The molecule has 1 atom stereocenters. The Labute approximate surface area is 179 Å². The third kappa shape index (κ3) is 2.96. The van der Waals surface area contributed by atoms with E-state index in [1.807, 2.05) is 11.0 Å². The monoisotopic (exact) mass is 427 g/mol. The normalized spacial score (nSPS) is 22.5. The van der Waals surface area contributed by atoms with E-state index in [1.54, 1.807) is 17.0 Å². The van der Waals surface area contributed by atoms with Crippen LogP contribution in [0, 0.1) is 5.41 Å². The van der Waals surface area contributed by atoms with Gasteiger partial charge in [-0.2, -0.15) is 0 Å². The molecule has 3 heterocycles. The summed E-state index contributed by atoms with van der Waals surface area (Å²) in [5.41, 5.74) is 0.607. The molecular weight excluding hydrogens is 402 g/mol. The molecule has 3 aliphatic heterocycles. The maximum Gasteiger partial charge on any atom is 0.332 e. The summed E-state index contributed by atoms with van der Waals surface area (Å²) in [6, 6.07) is 4.12. The third-order valence-corrected chi connectivity index (χ3v) is 6.52. The Balaban J connectivity index is 1.88. The molecule has 2 fully saturated rings. The van der Waals surface area contributed by atoms with E-state index in [4.69, 9.17) is 0 Å². The van der Waals surface area contributed by atoms with Gasteiger partial charge in [-0.15, -0.1) is 0 Å². The first-order valence-electron chi connectivity index (χ1n) is 10.1. The van der Waals surface area contributed by atoms with E-state index in [0.717, 1.165) is 21.1 Å². The number of piperazine rings is 1. The van der Waals surface area contributed by atoms with Crippen LogP contribution in [0.3, 0.4) is 0 Å². The average molecular weight is 427 g/mol. The van der Waals surface area contributed by atoms with Gasteiger partial charge in [0.2, 0.25) is 23.6 Å². The number of anilines is 2. The molecule has 1 aromatic carbocycles. The molecule has 1 spiro atoms. The summed E-state index contributed by atoms with van der Waals surface area (Å²) in [5, 5.41) is 2.73. The number of rotatable bonds is 1. The van der Waals surface area contributed by atoms with Crippen molar-refractivity contribution in [3.63, 3.8) is 0 Å². The Morgan fingerprint density at radius 3 is 2.26 bits per heavy atom. The maximum atomic E-state index is 13.5. The van der Waals surface area contributed by atoms with Crippen molar-refractivity contribution in [1.29, 1.82) is 0 Å². The molecule has 0 aromatic heterocycles. The highest BCUT2D eigenvalue weighted by atomic mass is 16.2. The number of nitrogens with one attached hydrogen (secondary N) is 1. The van der Waals surface area contributed by atoms with Gasteiger partial charge in [0.25, 0.3) is 0 Å². The summed E-state index contributed by atoms with van der Waals surface area (Å²) < 4.78 is 0. The molecule has 0 saturated carbocycles. The van der Waals surface area contributed by atoms with E-state index in [2.05, 4.69) is 5.32 Å². The van der Waals surface area contributed by atoms with Crippen LogP contribution in [-0.2, 0) is 25.6 Å². The van der Waals surface area contributed by atoms with Crippen LogP contribution in [0.5, 0.6) is 0 Å². The van der Waals surface area contributed by atoms with Crippen molar-refractivity contribution in [2.45, 2.75) is 26.3 Å². The molecule has 0 aliphatic carbocycles. The Morgan fingerprint density at radius 1 is 1.03 bits per heavy atom. The molecule has 3 aliphatic rings. The smallest absolute Gasteiger partial charge is 0.332 e. The first-order chi connectivity index (χ1) is 14.6. The molecule has 0 bridgehead atoms. The van der Waals surface area contributed by atoms with Gasteiger partial charge in [-0.3, -0.25) is 29.0 Å². The summed E-state index contributed by atoms with van der Waals surface area (Å²) in [7, 11) is 2.74. The number of fused-ring (bicyclic) bond motifs is 4. The lowest BCUT2D eigenvalue weighted by Crippen LogP contribution is -2.74. The molecular formula is C21H25N5O5. The lowest BCUT2D eigenvalue weighted by atomic mass is 9.67. The van der Waals surface area contributed by atoms with Crippen LogP contribution in [0.15, 0.2) is 18.2 Å². The van der Waals surface area contributed by atoms with E-state index in [0.29, 0.717) is 18.8 Å². The van der Waals surface area contributed by atoms with Gasteiger partial charge < -0.3 is 15.1 Å². The van der Waals surface area contributed by atoms with Gasteiger partial charge in [-0.25, -0.2) is 4.79 Å². The second-order valence-corrected chi connectivity index (χ2v) is 8.36. The molecule has 6 amide bonds. The van der Waals surface area contributed by atoms with Gasteiger partial charge in [0, 0.05) is 59.0 Å². The second-order valence-electron chi connectivity index (χ2n) is 8.36. The zero-order chi connectivity index (χ0) is 22.7. The van der Waals surface area contributed by atoms with E-state index in [1.165, 1.54) is 27.9 Å². The summed E-state index contributed by atoms with van der Waals surface area (Å²) >= 11 is 0. The second kappa shape index (κ2) is 7.07. The van der Waals surface area contributed by atoms with Gasteiger partial charge in [0.05, 0.1) is 6.04 Å². The van der Waals surface area contributed by atoms with Crippen LogP contribution in [-0.4, -0.2) is 84.1 Å². The van der Waals surface area contributed by atoms with Crippen molar-refractivity contribution >= 4 is 41.0 Å². The molecule has 1 N–H and O–H groups in total. The van der Waals surface area contributed by atoms with E-state index in [9.17, 15) is 24.0 Å². The van der Waals surface area contributed by atoms with Crippen LogP contribution in [0.1, 0.15) is 19.4 Å². The minimum Gasteiger partial charge on any atom is -0.363 e. The number of carbonyl (C=O) groups is 5. The number of barbiturate groups is 1. The van der Waals surface area contributed by atoms with Gasteiger partial charge in [0.15, 0.2) is 5.41 Å². The van der Waals surface area contributed by atoms with Crippen molar-refractivity contribution in [1.82, 2.24) is 14.7 Å².